The molecule has 1 aliphatic heterocycles. The Balaban J connectivity index is 2.32. The van der Waals surface area contributed by atoms with E-state index < -0.39 is 33.9 Å². The van der Waals surface area contributed by atoms with Crippen molar-refractivity contribution >= 4 is 27.8 Å². The number of nitrogens with two attached hydrogens (primary N) is 2. The highest BCUT2D eigenvalue weighted by Crippen LogP contribution is 2.23. The fraction of sp³-hybridized carbons (Fsp3) is 0.571. The monoisotopic (exact) mass is 466 g/mol. The summed E-state index contributed by atoms with van der Waals surface area (Å²) in [5.41, 5.74) is 11.6. The summed E-state index contributed by atoms with van der Waals surface area (Å²) in [6.07, 6.45) is 2.39. The van der Waals surface area contributed by atoms with E-state index in [1.165, 1.54) is 9.21 Å². The van der Waals surface area contributed by atoms with Crippen molar-refractivity contribution in [3.8, 4) is 0 Å². The van der Waals surface area contributed by atoms with Gasteiger partial charge in [-0.2, -0.15) is 4.31 Å². The molecule has 0 bridgehead atoms. The molecule has 0 aliphatic carbocycles. The first-order valence-corrected chi connectivity index (χ1v) is 12.5. The number of hydrogen-bond donors (Lipinski definition) is 4. The van der Waals surface area contributed by atoms with Gasteiger partial charge in [-0.15, -0.1) is 0 Å². The minimum absolute atomic E-state index is 0.142. The van der Waals surface area contributed by atoms with Gasteiger partial charge >= 0.3 is 0 Å². The molecule has 1 fully saturated rings. The molecule has 2 atom stereocenters. The van der Waals surface area contributed by atoms with Crippen molar-refractivity contribution in [1.82, 2.24) is 14.5 Å². The van der Waals surface area contributed by atoms with Gasteiger partial charge in [-0.3, -0.25) is 15.0 Å². The van der Waals surface area contributed by atoms with Crippen LogP contribution in [0.3, 0.4) is 0 Å². The molecule has 0 saturated carbocycles. The second kappa shape index (κ2) is 11.8. The highest BCUT2D eigenvalue weighted by atomic mass is 32.2. The van der Waals surface area contributed by atoms with Gasteiger partial charge in [-0.05, 0) is 44.6 Å². The summed E-state index contributed by atoms with van der Waals surface area (Å²) >= 11 is 0. The molecule has 1 aromatic carbocycles. The van der Waals surface area contributed by atoms with E-state index in [1.54, 1.807) is 6.92 Å². The molecule has 6 N–H and O–H groups in total. The van der Waals surface area contributed by atoms with E-state index in [2.05, 4.69) is 5.32 Å². The maximum absolute atomic E-state index is 13.6. The van der Waals surface area contributed by atoms with Crippen molar-refractivity contribution in [1.29, 1.82) is 5.41 Å². The lowest BCUT2D eigenvalue weighted by Crippen LogP contribution is -2.55. The first-order chi connectivity index (χ1) is 15.2. The fourth-order valence-electron chi connectivity index (χ4n) is 3.94. The molecule has 1 heterocycles. The zero-order valence-electron chi connectivity index (χ0n) is 18.5. The standard InChI is InChI=1S/C21H34N6O4S/c1-2-32(30,31)27(14-7-6-12-25-21(23)24)18(15-16-9-4-3-5-10-16)20(29)26-13-8-11-17(26)19(22)28/h3-5,9-10,17-18H,2,6-8,11-15H2,1H3,(H2,22,28)(H4,23,24,25)/t17-,18+/m0/s1. The lowest BCUT2D eigenvalue weighted by Gasteiger charge is -2.34. The minimum atomic E-state index is -3.71. The van der Waals surface area contributed by atoms with Crippen LogP contribution in [-0.2, 0) is 26.0 Å². The van der Waals surface area contributed by atoms with Gasteiger partial charge in [0.15, 0.2) is 5.96 Å². The third kappa shape index (κ3) is 6.92. The number of benzene rings is 1. The smallest absolute Gasteiger partial charge is 0.242 e. The van der Waals surface area contributed by atoms with E-state index in [4.69, 9.17) is 16.9 Å². The van der Waals surface area contributed by atoms with Gasteiger partial charge in [0.2, 0.25) is 21.8 Å². The van der Waals surface area contributed by atoms with Crippen LogP contribution in [0.2, 0.25) is 0 Å². The summed E-state index contributed by atoms with van der Waals surface area (Å²) in [5.74, 6) is -1.26. The van der Waals surface area contributed by atoms with E-state index in [1.807, 2.05) is 30.3 Å². The number of sulfonamides is 1. The van der Waals surface area contributed by atoms with E-state index in [-0.39, 0.29) is 24.7 Å². The van der Waals surface area contributed by atoms with Crippen LogP contribution < -0.4 is 16.8 Å². The van der Waals surface area contributed by atoms with Gasteiger partial charge in [0.1, 0.15) is 12.1 Å². The normalized spacial score (nSPS) is 17.3. The summed E-state index contributed by atoms with van der Waals surface area (Å²) in [6.45, 7) is 2.50. The molecular formula is C21H34N6O4S. The number of nitrogens with one attached hydrogen (secondary N) is 2. The number of rotatable bonds is 12. The molecule has 32 heavy (non-hydrogen) atoms. The van der Waals surface area contributed by atoms with E-state index >= 15 is 0 Å². The molecule has 0 spiro atoms. The third-order valence-corrected chi connectivity index (χ3v) is 7.49. The quantitative estimate of drug-likeness (QED) is 0.192. The molecular weight excluding hydrogens is 432 g/mol. The van der Waals surface area contributed by atoms with Crippen LogP contribution in [0, 0.1) is 5.41 Å². The van der Waals surface area contributed by atoms with Crippen molar-refractivity contribution in [2.45, 2.75) is 51.1 Å². The van der Waals surface area contributed by atoms with Crippen LogP contribution in [0.25, 0.3) is 0 Å². The first-order valence-electron chi connectivity index (χ1n) is 10.9. The van der Waals surface area contributed by atoms with E-state index in [0.717, 1.165) is 5.56 Å². The number of guanidine groups is 1. The Bertz CT molecular complexity index is 893. The lowest BCUT2D eigenvalue weighted by atomic mass is 10.0. The Hall–Kier alpha value is -2.66. The van der Waals surface area contributed by atoms with Crippen LogP contribution in [-0.4, -0.2) is 72.9 Å². The number of likely N-dealkylation sites (tertiary alicyclic amines) is 1. The summed E-state index contributed by atoms with van der Waals surface area (Å²) in [7, 11) is -3.71. The van der Waals surface area contributed by atoms with Crippen molar-refractivity contribution in [2.75, 3.05) is 25.4 Å². The molecule has 10 nitrogen and oxygen atoms in total. The number of primary amides is 1. The molecule has 2 amide bonds. The fourth-order valence-corrected chi connectivity index (χ4v) is 5.23. The average molecular weight is 467 g/mol. The second-order valence-electron chi connectivity index (χ2n) is 7.86. The van der Waals surface area contributed by atoms with Crippen LogP contribution in [0.15, 0.2) is 30.3 Å². The zero-order valence-corrected chi connectivity index (χ0v) is 19.3. The molecule has 178 valence electrons. The van der Waals surface area contributed by atoms with Crippen LogP contribution in [0.5, 0.6) is 0 Å². The van der Waals surface area contributed by atoms with Crippen molar-refractivity contribution in [3.63, 3.8) is 0 Å². The predicted octanol–water partition coefficient (Wildman–Crippen LogP) is -0.0110. The number of unbranched alkanes of at least 4 members (excludes halogenated alkanes) is 1. The molecule has 1 aliphatic rings. The van der Waals surface area contributed by atoms with Crippen LogP contribution in [0.4, 0.5) is 0 Å². The predicted molar refractivity (Wildman–Crippen MR) is 123 cm³/mol. The lowest BCUT2D eigenvalue weighted by molar-refractivity contribution is -0.140. The zero-order chi connectivity index (χ0) is 23.7. The molecule has 1 aromatic rings. The Kier molecular flexibility index (Phi) is 9.45. The highest BCUT2D eigenvalue weighted by Gasteiger charge is 2.41. The Labute approximate surface area is 189 Å². The van der Waals surface area contributed by atoms with Gasteiger partial charge in [0, 0.05) is 19.6 Å². The van der Waals surface area contributed by atoms with Crippen molar-refractivity contribution in [3.05, 3.63) is 35.9 Å². The van der Waals surface area contributed by atoms with E-state index in [9.17, 15) is 18.0 Å². The van der Waals surface area contributed by atoms with E-state index in [0.29, 0.717) is 38.8 Å². The van der Waals surface area contributed by atoms with Gasteiger partial charge in [0.05, 0.1) is 5.75 Å². The van der Waals surface area contributed by atoms with Crippen molar-refractivity contribution < 1.29 is 18.0 Å². The van der Waals surface area contributed by atoms with Crippen LogP contribution >= 0.6 is 0 Å². The van der Waals surface area contributed by atoms with Gasteiger partial charge in [-0.1, -0.05) is 30.3 Å². The maximum Gasteiger partial charge on any atom is 0.242 e. The van der Waals surface area contributed by atoms with Gasteiger partial charge in [-0.25, -0.2) is 8.42 Å². The Morgan fingerprint density at radius 2 is 1.94 bits per heavy atom. The number of carbonyl (C=O) groups is 2. The average Bonchev–Trinajstić information content (AvgIpc) is 3.25. The number of amides is 2. The molecule has 2 rings (SSSR count). The number of carbonyl (C=O) groups excluding carboxylic acids is 2. The Morgan fingerprint density at radius 3 is 2.53 bits per heavy atom. The van der Waals surface area contributed by atoms with Gasteiger partial charge in [0.25, 0.3) is 0 Å². The molecule has 0 unspecified atom stereocenters. The highest BCUT2D eigenvalue weighted by molar-refractivity contribution is 7.89. The number of hydrogen-bond acceptors (Lipinski definition) is 5. The Morgan fingerprint density at radius 1 is 1.25 bits per heavy atom. The minimum Gasteiger partial charge on any atom is -0.370 e. The number of nitrogens with zero attached hydrogens (tertiary/aromatic N) is 2. The molecule has 0 radical (unpaired) electrons. The molecule has 11 heteroatoms. The summed E-state index contributed by atoms with van der Waals surface area (Å²) in [5, 5.41) is 9.91. The largest absolute Gasteiger partial charge is 0.370 e. The first kappa shape index (κ1) is 25.6. The van der Waals surface area contributed by atoms with Crippen LogP contribution in [0.1, 0.15) is 38.2 Å². The maximum atomic E-state index is 13.6. The molecule has 0 aromatic heterocycles. The molecule has 1 saturated heterocycles. The second-order valence-corrected chi connectivity index (χ2v) is 10.1. The topological polar surface area (TPSA) is 163 Å². The van der Waals surface area contributed by atoms with Gasteiger partial charge < -0.3 is 21.7 Å². The third-order valence-electron chi connectivity index (χ3n) is 5.61. The van der Waals surface area contributed by atoms with Crippen molar-refractivity contribution in [2.24, 2.45) is 11.5 Å². The summed E-state index contributed by atoms with van der Waals surface area (Å²) in [6, 6.07) is 7.55. The SMILES string of the molecule is CCS(=O)(=O)N(CCCCNC(=N)N)[C@H](Cc1ccccc1)C(=O)N1CCC[C@H]1C(N)=O. The summed E-state index contributed by atoms with van der Waals surface area (Å²) in [4.78, 5) is 26.9. The summed E-state index contributed by atoms with van der Waals surface area (Å²) < 4.78 is 27.3.